The van der Waals surface area contributed by atoms with Gasteiger partial charge in [0.25, 0.3) is 0 Å². The van der Waals surface area contributed by atoms with Crippen LogP contribution in [0.3, 0.4) is 0 Å². The van der Waals surface area contributed by atoms with Gasteiger partial charge in [-0.3, -0.25) is 0 Å². The molecule has 0 aliphatic heterocycles. The van der Waals surface area contributed by atoms with E-state index in [1.165, 1.54) is 0 Å². The SMILES string of the molecule is COc1cccc(OCc2cc3cccc(Cl)c3[nH]2)c1. The maximum absolute atomic E-state index is 6.14. The molecule has 0 aliphatic rings. The minimum atomic E-state index is 0.457. The molecule has 0 radical (unpaired) electrons. The normalized spacial score (nSPS) is 10.7. The zero-order valence-electron chi connectivity index (χ0n) is 11.0. The van der Waals surface area contributed by atoms with Crippen molar-refractivity contribution in [2.45, 2.75) is 6.61 Å². The van der Waals surface area contributed by atoms with Crippen LogP contribution in [0.15, 0.2) is 48.5 Å². The fourth-order valence-corrected chi connectivity index (χ4v) is 2.34. The number of rotatable bonds is 4. The Bertz CT molecular complexity index is 736. The van der Waals surface area contributed by atoms with E-state index in [4.69, 9.17) is 21.1 Å². The van der Waals surface area contributed by atoms with Gasteiger partial charge in [0.1, 0.15) is 18.1 Å². The Morgan fingerprint density at radius 1 is 1.05 bits per heavy atom. The van der Waals surface area contributed by atoms with Crippen molar-refractivity contribution in [1.29, 1.82) is 0 Å². The number of aromatic amines is 1. The summed E-state index contributed by atoms with van der Waals surface area (Å²) >= 11 is 6.14. The summed E-state index contributed by atoms with van der Waals surface area (Å²) in [5, 5.41) is 1.80. The van der Waals surface area contributed by atoms with E-state index in [1.54, 1.807) is 7.11 Å². The Labute approximate surface area is 122 Å². The molecule has 0 unspecified atom stereocenters. The van der Waals surface area contributed by atoms with Crippen LogP contribution in [0.2, 0.25) is 5.02 Å². The van der Waals surface area contributed by atoms with Crippen molar-refractivity contribution >= 4 is 22.5 Å². The molecule has 0 saturated heterocycles. The molecule has 3 rings (SSSR count). The molecule has 0 bridgehead atoms. The van der Waals surface area contributed by atoms with E-state index in [9.17, 15) is 0 Å². The van der Waals surface area contributed by atoms with E-state index in [2.05, 4.69) is 4.98 Å². The molecule has 0 amide bonds. The van der Waals surface area contributed by atoms with Crippen LogP contribution in [0.25, 0.3) is 10.9 Å². The predicted octanol–water partition coefficient (Wildman–Crippen LogP) is 4.41. The molecule has 2 aromatic carbocycles. The van der Waals surface area contributed by atoms with Crippen LogP contribution in [-0.4, -0.2) is 12.1 Å². The molecular formula is C16H14ClNO2. The van der Waals surface area contributed by atoms with Crippen LogP contribution >= 0.6 is 11.6 Å². The Kier molecular flexibility index (Phi) is 3.52. The average Bonchev–Trinajstić information content (AvgIpc) is 2.90. The standard InChI is InChI=1S/C16H14ClNO2/c1-19-13-5-3-6-14(9-13)20-10-12-8-11-4-2-7-15(17)16(11)18-12/h2-9,18H,10H2,1H3. The van der Waals surface area contributed by atoms with Crippen molar-refractivity contribution in [2.75, 3.05) is 7.11 Å². The second-order valence-electron chi connectivity index (χ2n) is 4.47. The largest absolute Gasteiger partial charge is 0.497 e. The van der Waals surface area contributed by atoms with Gasteiger partial charge in [0, 0.05) is 11.5 Å². The fourth-order valence-electron chi connectivity index (χ4n) is 2.11. The van der Waals surface area contributed by atoms with Crippen LogP contribution in [0.4, 0.5) is 0 Å². The quantitative estimate of drug-likeness (QED) is 0.771. The number of aromatic nitrogens is 1. The number of benzene rings is 2. The van der Waals surface area contributed by atoms with Gasteiger partial charge in [-0.2, -0.15) is 0 Å². The summed E-state index contributed by atoms with van der Waals surface area (Å²) in [7, 11) is 1.64. The van der Waals surface area contributed by atoms with E-state index in [-0.39, 0.29) is 0 Å². The van der Waals surface area contributed by atoms with Gasteiger partial charge >= 0.3 is 0 Å². The van der Waals surface area contributed by atoms with Gasteiger partial charge in [0.05, 0.1) is 23.3 Å². The van der Waals surface area contributed by atoms with Gasteiger partial charge in [-0.05, 0) is 24.3 Å². The topological polar surface area (TPSA) is 34.2 Å². The number of fused-ring (bicyclic) bond motifs is 1. The number of hydrogen-bond acceptors (Lipinski definition) is 2. The first-order chi connectivity index (χ1) is 9.76. The van der Waals surface area contributed by atoms with Gasteiger partial charge in [0.2, 0.25) is 0 Å². The van der Waals surface area contributed by atoms with Crippen LogP contribution in [0.1, 0.15) is 5.69 Å². The Balaban J connectivity index is 1.78. The predicted molar refractivity (Wildman–Crippen MR) is 80.6 cm³/mol. The summed E-state index contributed by atoms with van der Waals surface area (Å²) < 4.78 is 10.9. The third kappa shape index (κ3) is 2.58. The number of nitrogens with one attached hydrogen (secondary N) is 1. The summed E-state index contributed by atoms with van der Waals surface area (Å²) in [4.78, 5) is 3.27. The molecule has 102 valence electrons. The number of H-pyrrole nitrogens is 1. The van der Waals surface area contributed by atoms with Crippen LogP contribution < -0.4 is 9.47 Å². The van der Waals surface area contributed by atoms with Crippen molar-refractivity contribution in [1.82, 2.24) is 4.98 Å². The highest BCUT2D eigenvalue weighted by Crippen LogP contribution is 2.24. The molecule has 3 aromatic rings. The smallest absolute Gasteiger partial charge is 0.128 e. The Morgan fingerprint density at radius 2 is 1.85 bits per heavy atom. The summed E-state index contributed by atoms with van der Waals surface area (Å²) in [5.74, 6) is 1.55. The van der Waals surface area contributed by atoms with Gasteiger partial charge < -0.3 is 14.5 Å². The highest BCUT2D eigenvalue weighted by Gasteiger charge is 2.05. The molecule has 0 fully saturated rings. The first-order valence-corrected chi connectivity index (χ1v) is 6.67. The van der Waals surface area contributed by atoms with Gasteiger partial charge in [0.15, 0.2) is 0 Å². The van der Waals surface area contributed by atoms with Crippen molar-refractivity contribution in [3.05, 3.63) is 59.2 Å². The first kappa shape index (κ1) is 12.9. The molecule has 1 aromatic heterocycles. The zero-order chi connectivity index (χ0) is 13.9. The lowest BCUT2D eigenvalue weighted by Crippen LogP contribution is -1.95. The van der Waals surface area contributed by atoms with Gasteiger partial charge in [-0.25, -0.2) is 0 Å². The molecule has 0 saturated carbocycles. The number of halogens is 1. The van der Waals surface area contributed by atoms with E-state index < -0.39 is 0 Å². The van der Waals surface area contributed by atoms with Crippen molar-refractivity contribution in [3.63, 3.8) is 0 Å². The monoisotopic (exact) mass is 287 g/mol. The van der Waals surface area contributed by atoms with Crippen molar-refractivity contribution in [3.8, 4) is 11.5 Å². The fraction of sp³-hybridized carbons (Fsp3) is 0.125. The molecule has 1 heterocycles. The van der Waals surface area contributed by atoms with Crippen molar-refractivity contribution < 1.29 is 9.47 Å². The lowest BCUT2D eigenvalue weighted by atomic mass is 10.2. The van der Waals surface area contributed by atoms with Gasteiger partial charge in [-0.1, -0.05) is 29.8 Å². The van der Waals surface area contributed by atoms with E-state index in [1.807, 2.05) is 48.5 Å². The lowest BCUT2D eigenvalue weighted by Gasteiger charge is -2.06. The number of ether oxygens (including phenoxy) is 2. The third-order valence-corrected chi connectivity index (χ3v) is 3.41. The average molecular weight is 288 g/mol. The van der Waals surface area contributed by atoms with Crippen LogP contribution in [0, 0.1) is 0 Å². The second kappa shape index (κ2) is 5.47. The highest BCUT2D eigenvalue weighted by atomic mass is 35.5. The maximum Gasteiger partial charge on any atom is 0.128 e. The molecule has 1 N–H and O–H groups in total. The maximum atomic E-state index is 6.14. The zero-order valence-corrected chi connectivity index (χ0v) is 11.8. The van der Waals surface area contributed by atoms with E-state index in [0.717, 1.165) is 33.1 Å². The van der Waals surface area contributed by atoms with Gasteiger partial charge in [-0.15, -0.1) is 0 Å². The Hall–Kier alpha value is -2.13. The molecular weight excluding hydrogens is 274 g/mol. The van der Waals surface area contributed by atoms with Crippen LogP contribution in [0.5, 0.6) is 11.5 Å². The minimum Gasteiger partial charge on any atom is -0.497 e. The summed E-state index contributed by atoms with van der Waals surface area (Å²) in [5.41, 5.74) is 1.93. The number of para-hydroxylation sites is 1. The third-order valence-electron chi connectivity index (χ3n) is 3.10. The lowest BCUT2D eigenvalue weighted by molar-refractivity contribution is 0.300. The van der Waals surface area contributed by atoms with Crippen molar-refractivity contribution in [2.24, 2.45) is 0 Å². The van der Waals surface area contributed by atoms with Crippen LogP contribution in [-0.2, 0) is 6.61 Å². The highest BCUT2D eigenvalue weighted by molar-refractivity contribution is 6.35. The summed E-state index contributed by atoms with van der Waals surface area (Å²) in [6.07, 6.45) is 0. The first-order valence-electron chi connectivity index (χ1n) is 6.29. The minimum absolute atomic E-state index is 0.457. The molecule has 4 heteroatoms. The molecule has 0 aliphatic carbocycles. The number of methoxy groups -OCH3 is 1. The molecule has 3 nitrogen and oxygen atoms in total. The molecule has 20 heavy (non-hydrogen) atoms. The molecule has 0 spiro atoms. The van der Waals surface area contributed by atoms with E-state index in [0.29, 0.717) is 6.61 Å². The summed E-state index contributed by atoms with van der Waals surface area (Å²) in [6.45, 7) is 0.457. The van der Waals surface area contributed by atoms with E-state index >= 15 is 0 Å². The Morgan fingerprint density at radius 3 is 2.65 bits per heavy atom. The second-order valence-corrected chi connectivity index (χ2v) is 4.87. The molecule has 0 atom stereocenters. The summed E-state index contributed by atoms with van der Waals surface area (Å²) in [6, 6.07) is 15.4. The number of hydrogen-bond donors (Lipinski definition) is 1.